The van der Waals surface area contributed by atoms with Crippen LogP contribution in [0.2, 0.25) is 0 Å². The summed E-state index contributed by atoms with van der Waals surface area (Å²) in [4.78, 5) is 11.4. The summed E-state index contributed by atoms with van der Waals surface area (Å²) >= 11 is 0. The van der Waals surface area contributed by atoms with Gasteiger partial charge in [0.25, 0.3) is 0 Å². The summed E-state index contributed by atoms with van der Waals surface area (Å²) in [5.74, 6) is -0.613. The van der Waals surface area contributed by atoms with Crippen LogP contribution in [-0.4, -0.2) is 12.6 Å². The van der Waals surface area contributed by atoms with Gasteiger partial charge in [0.1, 0.15) is 6.07 Å². The van der Waals surface area contributed by atoms with Crippen molar-refractivity contribution in [3.63, 3.8) is 0 Å². The van der Waals surface area contributed by atoms with Gasteiger partial charge in [-0.25, -0.2) is 4.79 Å². The number of hydrogen-bond donors (Lipinski definition) is 1. The fourth-order valence-electron chi connectivity index (χ4n) is 1.39. The molecule has 1 aromatic rings. The van der Waals surface area contributed by atoms with E-state index >= 15 is 0 Å². The lowest BCUT2D eigenvalue weighted by Gasteiger charge is -2.07. The van der Waals surface area contributed by atoms with E-state index in [0.717, 1.165) is 16.8 Å². The van der Waals surface area contributed by atoms with E-state index in [0.29, 0.717) is 0 Å². The van der Waals surface area contributed by atoms with E-state index in [2.05, 4.69) is 5.32 Å². The predicted octanol–water partition coefficient (Wildman–Crippen LogP) is 2.69. The number of anilines is 1. The van der Waals surface area contributed by atoms with Crippen LogP contribution in [0.1, 0.15) is 18.1 Å². The molecule has 0 spiro atoms. The first-order valence-electron chi connectivity index (χ1n) is 5.69. The Hall–Kier alpha value is -2.28. The molecule has 0 unspecified atom stereocenters. The molecule has 0 aliphatic rings. The second-order valence-electron chi connectivity index (χ2n) is 3.85. The maximum absolute atomic E-state index is 11.4. The van der Waals surface area contributed by atoms with Gasteiger partial charge in [0.15, 0.2) is 5.57 Å². The van der Waals surface area contributed by atoms with Gasteiger partial charge < -0.3 is 10.1 Å². The van der Waals surface area contributed by atoms with Gasteiger partial charge >= 0.3 is 5.97 Å². The van der Waals surface area contributed by atoms with Gasteiger partial charge in [-0.2, -0.15) is 5.26 Å². The maximum Gasteiger partial charge on any atom is 0.350 e. The number of carbonyl (C=O) groups excluding carboxylic acids is 1. The van der Waals surface area contributed by atoms with Gasteiger partial charge in [0.05, 0.1) is 6.61 Å². The molecule has 0 amide bonds. The number of ether oxygens (including phenoxy) is 1. The molecule has 0 radical (unpaired) electrons. The average molecular weight is 244 g/mol. The smallest absolute Gasteiger partial charge is 0.350 e. The Kier molecular flexibility index (Phi) is 4.94. The molecule has 0 bridgehead atoms. The molecule has 0 aliphatic carbocycles. The highest BCUT2D eigenvalue weighted by atomic mass is 16.5. The van der Waals surface area contributed by atoms with E-state index in [1.54, 1.807) is 6.92 Å². The zero-order chi connectivity index (χ0) is 13.5. The molecule has 0 saturated heterocycles. The number of esters is 1. The Morgan fingerprint density at radius 3 is 2.83 bits per heavy atom. The Labute approximate surface area is 107 Å². The summed E-state index contributed by atoms with van der Waals surface area (Å²) in [5, 5.41) is 11.8. The van der Waals surface area contributed by atoms with Crippen molar-refractivity contribution in [1.29, 1.82) is 5.26 Å². The number of hydrogen-bond acceptors (Lipinski definition) is 4. The van der Waals surface area contributed by atoms with Gasteiger partial charge in [-0.3, -0.25) is 0 Å². The highest BCUT2D eigenvalue weighted by Crippen LogP contribution is 2.16. The first-order valence-corrected chi connectivity index (χ1v) is 5.69. The van der Waals surface area contributed by atoms with Crippen molar-refractivity contribution in [2.75, 3.05) is 11.9 Å². The third-order valence-electron chi connectivity index (χ3n) is 2.38. The molecule has 94 valence electrons. The number of benzene rings is 1. The molecule has 4 nitrogen and oxygen atoms in total. The van der Waals surface area contributed by atoms with Crippen molar-refractivity contribution in [2.45, 2.75) is 20.8 Å². The van der Waals surface area contributed by atoms with Gasteiger partial charge in [-0.1, -0.05) is 12.1 Å². The molecule has 0 fully saturated rings. The fraction of sp³-hybridized carbons (Fsp3) is 0.286. The Bertz CT molecular complexity index is 513. The van der Waals surface area contributed by atoms with Crippen LogP contribution in [0, 0.1) is 25.2 Å². The molecule has 4 heteroatoms. The Morgan fingerprint density at radius 1 is 1.50 bits per heavy atom. The van der Waals surface area contributed by atoms with Crippen molar-refractivity contribution < 1.29 is 9.53 Å². The molecule has 0 saturated carbocycles. The molecule has 0 aliphatic heterocycles. The first-order chi connectivity index (χ1) is 8.58. The molecule has 0 aromatic heterocycles. The number of rotatable bonds is 4. The van der Waals surface area contributed by atoms with Crippen molar-refractivity contribution in [2.24, 2.45) is 0 Å². The Morgan fingerprint density at radius 2 is 2.22 bits per heavy atom. The number of carbonyl (C=O) groups is 1. The second kappa shape index (κ2) is 6.45. The normalized spacial score (nSPS) is 10.7. The lowest BCUT2D eigenvalue weighted by Crippen LogP contribution is -2.08. The molecule has 1 aromatic carbocycles. The minimum Gasteiger partial charge on any atom is -0.462 e. The predicted molar refractivity (Wildman–Crippen MR) is 69.9 cm³/mol. The Balaban J connectivity index is 2.87. The van der Waals surface area contributed by atoms with Gasteiger partial charge in [0, 0.05) is 11.9 Å². The second-order valence-corrected chi connectivity index (χ2v) is 3.85. The molecular formula is C14H16N2O2. The first kappa shape index (κ1) is 13.8. The van der Waals surface area contributed by atoms with Crippen LogP contribution in [0.4, 0.5) is 5.69 Å². The van der Waals surface area contributed by atoms with Crippen LogP contribution in [0.3, 0.4) is 0 Å². The highest BCUT2D eigenvalue weighted by Gasteiger charge is 2.09. The topological polar surface area (TPSA) is 62.1 Å². The largest absolute Gasteiger partial charge is 0.462 e. The molecule has 0 heterocycles. The van der Waals surface area contributed by atoms with Crippen LogP contribution in [-0.2, 0) is 9.53 Å². The zero-order valence-electron chi connectivity index (χ0n) is 10.8. The number of nitrogens with zero attached hydrogens (tertiary/aromatic N) is 1. The van der Waals surface area contributed by atoms with E-state index in [9.17, 15) is 4.79 Å². The highest BCUT2D eigenvalue weighted by molar-refractivity contribution is 5.93. The monoisotopic (exact) mass is 244 g/mol. The van der Waals surface area contributed by atoms with Crippen molar-refractivity contribution in [1.82, 2.24) is 0 Å². The van der Waals surface area contributed by atoms with E-state index in [-0.39, 0.29) is 12.2 Å². The van der Waals surface area contributed by atoms with Crippen LogP contribution in [0.25, 0.3) is 0 Å². The third-order valence-corrected chi connectivity index (χ3v) is 2.38. The van der Waals surface area contributed by atoms with E-state index in [1.807, 2.05) is 38.1 Å². The van der Waals surface area contributed by atoms with Crippen molar-refractivity contribution >= 4 is 11.7 Å². The minimum atomic E-state index is -0.613. The summed E-state index contributed by atoms with van der Waals surface area (Å²) in [6.45, 7) is 5.88. The lowest BCUT2D eigenvalue weighted by molar-refractivity contribution is -0.138. The molecule has 18 heavy (non-hydrogen) atoms. The van der Waals surface area contributed by atoms with Crippen LogP contribution >= 0.6 is 0 Å². The summed E-state index contributed by atoms with van der Waals surface area (Å²) < 4.78 is 4.77. The lowest BCUT2D eigenvalue weighted by atomic mass is 10.1. The summed E-state index contributed by atoms with van der Waals surface area (Å²) in [6.07, 6.45) is 1.37. The average Bonchev–Trinajstić information content (AvgIpc) is 2.34. The maximum atomic E-state index is 11.4. The number of nitrogens with one attached hydrogen (secondary N) is 1. The number of nitriles is 1. The number of aryl methyl sites for hydroxylation is 2. The third kappa shape index (κ3) is 3.63. The molecule has 1 N–H and O–H groups in total. The SMILES string of the molecule is CCOC(=O)/C(C#N)=C/Nc1cc(C)ccc1C. The van der Waals surface area contributed by atoms with E-state index in [1.165, 1.54) is 6.20 Å². The van der Waals surface area contributed by atoms with Gasteiger partial charge in [0.2, 0.25) is 0 Å². The van der Waals surface area contributed by atoms with Crippen molar-refractivity contribution in [3.8, 4) is 6.07 Å². The molecule has 0 atom stereocenters. The zero-order valence-corrected chi connectivity index (χ0v) is 10.8. The summed E-state index contributed by atoms with van der Waals surface area (Å²) in [6, 6.07) is 7.74. The minimum absolute atomic E-state index is 0.0437. The van der Waals surface area contributed by atoms with Crippen LogP contribution < -0.4 is 5.32 Å². The van der Waals surface area contributed by atoms with Crippen LogP contribution in [0.5, 0.6) is 0 Å². The van der Waals surface area contributed by atoms with E-state index < -0.39 is 5.97 Å². The van der Waals surface area contributed by atoms with Gasteiger partial charge in [-0.15, -0.1) is 0 Å². The quantitative estimate of drug-likeness (QED) is 0.502. The van der Waals surface area contributed by atoms with Crippen LogP contribution in [0.15, 0.2) is 30.0 Å². The van der Waals surface area contributed by atoms with Gasteiger partial charge in [-0.05, 0) is 38.0 Å². The molecule has 1 rings (SSSR count). The molecular weight excluding hydrogens is 228 g/mol. The standard InChI is InChI=1S/C14H16N2O2/c1-4-18-14(17)12(8-15)9-16-13-7-10(2)5-6-11(13)3/h5-7,9,16H,4H2,1-3H3/b12-9+. The summed E-state index contributed by atoms with van der Waals surface area (Å²) in [7, 11) is 0. The van der Waals surface area contributed by atoms with E-state index in [4.69, 9.17) is 10.00 Å². The van der Waals surface area contributed by atoms with Crippen molar-refractivity contribution in [3.05, 3.63) is 41.1 Å². The fourth-order valence-corrected chi connectivity index (χ4v) is 1.39. The summed E-state index contributed by atoms with van der Waals surface area (Å²) in [5.41, 5.74) is 2.97.